The molecule has 0 aliphatic heterocycles. The number of amides is 2. The molecule has 0 unspecified atom stereocenters. The Kier molecular flexibility index (Phi) is 5.10. The fraction of sp³-hybridized carbons (Fsp3) is 0.316. The zero-order valence-electron chi connectivity index (χ0n) is 16.1. The number of hydrazine groups is 1. The van der Waals surface area contributed by atoms with Crippen LogP contribution in [0.3, 0.4) is 0 Å². The summed E-state index contributed by atoms with van der Waals surface area (Å²) in [6.07, 6.45) is 1.07. The number of furan rings is 1. The SMILES string of the molecule is Cc1c(C(=O)NNC(=O)c2ccccc2[N+](=O)[O-])oc2c1/C(=N\O)CC(C)(C)C2. The van der Waals surface area contributed by atoms with E-state index in [1.165, 1.54) is 24.3 Å². The second kappa shape index (κ2) is 7.38. The molecule has 0 fully saturated rings. The number of carbonyl (C=O) groups excluding carboxylic acids is 2. The molecule has 1 aliphatic carbocycles. The number of hydrogen-bond donors (Lipinski definition) is 3. The molecule has 0 spiro atoms. The first kappa shape index (κ1) is 20.1. The van der Waals surface area contributed by atoms with Crippen LogP contribution in [-0.4, -0.2) is 27.7 Å². The summed E-state index contributed by atoms with van der Waals surface area (Å²) < 4.78 is 5.70. The molecule has 0 atom stereocenters. The molecule has 152 valence electrons. The summed E-state index contributed by atoms with van der Waals surface area (Å²) >= 11 is 0. The Morgan fingerprint density at radius 2 is 1.86 bits per heavy atom. The van der Waals surface area contributed by atoms with Gasteiger partial charge < -0.3 is 9.62 Å². The molecule has 1 aromatic heterocycles. The maximum atomic E-state index is 12.5. The fourth-order valence-corrected chi connectivity index (χ4v) is 3.48. The zero-order valence-corrected chi connectivity index (χ0v) is 16.1. The number of para-hydroxylation sites is 1. The number of benzene rings is 1. The monoisotopic (exact) mass is 400 g/mol. The van der Waals surface area contributed by atoms with E-state index in [4.69, 9.17) is 4.42 Å². The highest BCUT2D eigenvalue weighted by atomic mass is 16.6. The summed E-state index contributed by atoms with van der Waals surface area (Å²) in [5.74, 6) is -1.06. The van der Waals surface area contributed by atoms with Gasteiger partial charge in [0.1, 0.15) is 11.3 Å². The second-order valence-corrected chi connectivity index (χ2v) is 7.60. The third-order valence-electron chi connectivity index (χ3n) is 4.76. The summed E-state index contributed by atoms with van der Waals surface area (Å²) in [4.78, 5) is 35.2. The average Bonchev–Trinajstić information content (AvgIpc) is 3.00. The van der Waals surface area contributed by atoms with Gasteiger partial charge in [-0.25, -0.2) is 0 Å². The molecule has 3 N–H and O–H groups in total. The number of nitro benzene ring substituents is 1. The number of carbonyl (C=O) groups is 2. The molecule has 29 heavy (non-hydrogen) atoms. The Hall–Kier alpha value is -3.69. The average molecular weight is 400 g/mol. The Morgan fingerprint density at radius 1 is 1.21 bits per heavy atom. The van der Waals surface area contributed by atoms with Gasteiger partial charge in [-0.3, -0.25) is 30.6 Å². The van der Waals surface area contributed by atoms with E-state index in [1.807, 2.05) is 13.8 Å². The zero-order chi connectivity index (χ0) is 21.3. The predicted octanol–water partition coefficient (Wildman–Crippen LogP) is 2.72. The van der Waals surface area contributed by atoms with Gasteiger partial charge in [-0.15, -0.1) is 0 Å². The predicted molar refractivity (Wildman–Crippen MR) is 102 cm³/mol. The van der Waals surface area contributed by atoms with Gasteiger partial charge >= 0.3 is 5.91 Å². The van der Waals surface area contributed by atoms with Crippen molar-refractivity contribution in [3.8, 4) is 0 Å². The van der Waals surface area contributed by atoms with E-state index in [2.05, 4.69) is 16.0 Å². The third-order valence-corrected chi connectivity index (χ3v) is 4.76. The first-order valence-corrected chi connectivity index (χ1v) is 8.82. The molecule has 1 heterocycles. The molecule has 10 nitrogen and oxygen atoms in total. The minimum absolute atomic E-state index is 0.0308. The molecule has 1 aliphatic rings. The van der Waals surface area contributed by atoms with Crippen molar-refractivity contribution in [2.45, 2.75) is 33.6 Å². The first-order valence-electron chi connectivity index (χ1n) is 8.82. The van der Waals surface area contributed by atoms with Gasteiger partial charge in [-0.2, -0.15) is 0 Å². The lowest BCUT2D eigenvalue weighted by Gasteiger charge is -2.28. The minimum atomic E-state index is -0.835. The maximum Gasteiger partial charge on any atom is 0.305 e. The van der Waals surface area contributed by atoms with Crippen molar-refractivity contribution in [3.05, 3.63) is 62.6 Å². The highest BCUT2D eigenvalue weighted by Gasteiger charge is 2.36. The Labute approximate surface area is 165 Å². The van der Waals surface area contributed by atoms with Crippen LogP contribution in [0.1, 0.15) is 58.1 Å². The van der Waals surface area contributed by atoms with E-state index in [-0.39, 0.29) is 22.4 Å². The standard InChI is InChI=1S/C19H20N4O6/c1-10-15-12(22-26)8-19(2,3)9-14(15)29-16(10)18(25)21-20-17(24)11-6-4-5-7-13(11)23(27)28/h4-7,26H,8-9H2,1-3H3,(H,20,24)(H,21,25)/b22-12-. The van der Waals surface area contributed by atoms with Gasteiger partial charge in [0.15, 0.2) is 5.76 Å². The third kappa shape index (κ3) is 3.82. The Balaban J connectivity index is 1.80. The van der Waals surface area contributed by atoms with Gasteiger partial charge in [-0.05, 0) is 24.8 Å². The molecule has 1 aromatic carbocycles. The Bertz CT molecular complexity index is 1040. The molecule has 2 aromatic rings. The van der Waals surface area contributed by atoms with Crippen molar-refractivity contribution in [1.29, 1.82) is 0 Å². The Morgan fingerprint density at radius 3 is 2.52 bits per heavy atom. The molecule has 3 rings (SSSR count). The summed E-state index contributed by atoms with van der Waals surface area (Å²) in [6, 6.07) is 5.39. The number of rotatable bonds is 3. The number of oxime groups is 1. The second-order valence-electron chi connectivity index (χ2n) is 7.60. The fourth-order valence-electron chi connectivity index (χ4n) is 3.48. The maximum absolute atomic E-state index is 12.5. The van der Waals surface area contributed by atoms with E-state index in [9.17, 15) is 24.9 Å². The van der Waals surface area contributed by atoms with Gasteiger partial charge in [0, 0.05) is 23.6 Å². The lowest BCUT2D eigenvalue weighted by Crippen LogP contribution is -2.41. The van der Waals surface area contributed by atoms with Gasteiger partial charge in [-0.1, -0.05) is 31.1 Å². The van der Waals surface area contributed by atoms with Crippen LogP contribution in [-0.2, 0) is 6.42 Å². The largest absolute Gasteiger partial charge is 0.455 e. The van der Waals surface area contributed by atoms with Crippen LogP contribution in [0.15, 0.2) is 33.8 Å². The van der Waals surface area contributed by atoms with Crippen LogP contribution in [0.25, 0.3) is 0 Å². The normalized spacial score (nSPS) is 16.2. The molecule has 0 saturated heterocycles. The van der Waals surface area contributed by atoms with Crippen molar-refractivity contribution < 1.29 is 24.1 Å². The highest BCUT2D eigenvalue weighted by molar-refractivity contribution is 6.07. The summed E-state index contributed by atoms with van der Waals surface area (Å²) in [5, 5.41) is 23.7. The van der Waals surface area contributed by atoms with E-state index in [0.717, 1.165) is 0 Å². The van der Waals surface area contributed by atoms with Crippen LogP contribution < -0.4 is 10.9 Å². The summed E-state index contributed by atoms with van der Waals surface area (Å²) in [6.45, 7) is 5.64. The van der Waals surface area contributed by atoms with Gasteiger partial charge in [0.25, 0.3) is 11.6 Å². The van der Waals surface area contributed by atoms with Crippen molar-refractivity contribution >= 4 is 23.2 Å². The topological polar surface area (TPSA) is 147 Å². The number of nitro groups is 1. The van der Waals surface area contributed by atoms with E-state index >= 15 is 0 Å². The highest BCUT2D eigenvalue weighted by Crippen LogP contribution is 2.38. The molecule has 10 heteroatoms. The summed E-state index contributed by atoms with van der Waals surface area (Å²) in [5.41, 5.74) is 5.10. The van der Waals surface area contributed by atoms with E-state index in [0.29, 0.717) is 35.4 Å². The molecule has 0 saturated carbocycles. The molecule has 0 radical (unpaired) electrons. The number of nitrogens with zero attached hydrogens (tertiary/aromatic N) is 2. The lowest BCUT2D eigenvalue weighted by molar-refractivity contribution is -0.385. The number of hydrogen-bond acceptors (Lipinski definition) is 7. The van der Waals surface area contributed by atoms with Crippen molar-refractivity contribution in [3.63, 3.8) is 0 Å². The number of nitrogens with one attached hydrogen (secondary N) is 2. The molecular weight excluding hydrogens is 380 g/mol. The van der Waals surface area contributed by atoms with E-state index in [1.54, 1.807) is 6.92 Å². The van der Waals surface area contributed by atoms with Crippen LogP contribution in [0.5, 0.6) is 0 Å². The van der Waals surface area contributed by atoms with E-state index < -0.39 is 16.7 Å². The molecule has 0 bridgehead atoms. The van der Waals surface area contributed by atoms with Crippen LogP contribution in [0.4, 0.5) is 5.69 Å². The van der Waals surface area contributed by atoms with Gasteiger partial charge in [0.05, 0.1) is 10.6 Å². The lowest BCUT2D eigenvalue weighted by atomic mass is 9.75. The smallest absolute Gasteiger partial charge is 0.305 e. The van der Waals surface area contributed by atoms with Crippen LogP contribution in [0, 0.1) is 22.5 Å². The molecular formula is C19H20N4O6. The summed E-state index contributed by atoms with van der Waals surface area (Å²) in [7, 11) is 0. The van der Waals surface area contributed by atoms with Crippen molar-refractivity contribution in [2.24, 2.45) is 10.6 Å². The quantitative estimate of drug-likeness (QED) is 0.410. The molecule has 2 amide bonds. The minimum Gasteiger partial charge on any atom is -0.455 e. The van der Waals surface area contributed by atoms with Crippen molar-refractivity contribution in [1.82, 2.24) is 10.9 Å². The van der Waals surface area contributed by atoms with Crippen LogP contribution in [0.2, 0.25) is 0 Å². The first-order chi connectivity index (χ1) is 13.6. The van der Waals surface area contributed by atoms with Gasteiger partial charge in [0.2, 0.25) is 0 Å². The van der Waals surface area contributed by atoms with Crippen LogP contribution >= 0.6 is 0 Å². The number of fused-ring (bicyclic) bond motifs is 1. The van der Waals surface area contributed by atoms with Crippen molar-refractivity contribution in [2.75, 3.05) is 0 Å².